The summed E-state index contributed by atoms with van der Waals surface area (Å²) in [6, 6.07) is 9.85. The molecule has 1 aliphatic heterocycles. The fourth-order valence-electron chi connectivity index (χ4n) is 4.84. The van der Waals surface area contributed by atoms with Crippen molar-refractivity contribution in [3.63, 3.8) is 0 Å². The number of amides is 1. The van der Waals surface area contributed by atoms with Gasteiger partial charge in [0.25, 0.3) is 11.7 Å². The van der Waals surface area contributed by atoms with E-state index >= 15 is 0 Å². The summed E-state index contributed by atoms with van der Waals surface area (Å²) >= 11 is 0. The van der Waals surface area contributed by atoms with E-state index in [1.165, 1.54) is 4.90 Å². The summed E-state index contributed by atoms with van der Waals surface area (Å²) in [5.74, 6) is 0.123. The first-order valence-electron chi connectivity index (χ1n) is 13.9. The van der Waals surface area contributed by atoms with Crippen LogP contribution in [0.25, 0.3) is 5.76 Å². The molecule has 0 aromatic heterocycles. The number of carbonyl (C=O) groups excluding carboxylic acids is 2. The summed E-state index contributed by atoms with van der Waals surface area (Å²) < 4.78 is 22.7. The third-order valence-electron chi connectivity index (χ3n) is 6.70. The Hall–Kier alpha value is -3.52. The number of likely N-dealkylation sites (tertiary alicyclic amines) is 1. The predicted molar refractivity (Wildman–Crippen MR) is 155 cm³/mol. The molecule has 2 aromatic carbocycles. The van der Waals surface area contributed by atoms with Crippen LogP contribution in [-0.2, 0) is 19.7 Å². The maximum Gasteiger partial charge on any atom is 0.295 e. The molecule has 8 nitrogen and oxygen atoms in total. The summed E-state index contributed by atoms with van der Waals surface area (Å²) in [5, 5.41) is 11.6. The van der Waals surface area contributed by atoms with Gasteiger partial charge in [0, 0.05) is 24.3 Å². The van der Waals surface area contributed by atoms with Crippen molar-refractivity contribution >= 4 is 17.4 Å². The highest BCUT2D eigenvalue weighted by Crippen LogP contribution is 2.43. The fourth-order valence-corrected chi connectivity index (χ4v) is 4.84. The molecule has 40 heavy (non-hydrogen) atoms. The number of hydrogen-bond donors (Lipinski definition) is 1. The van der Waals surface area contributed by atoms with Crippen LogP contribution in [0.2, 0.25) is 0 Å². The second-order valence-electron chi connectivity index (χ2n) is 11.0. The standard InChI is InChI=1S/C32H43NO7/c1-9-38-24-14-13-22(18-23(24)32(5,6)7)29(34)27-28(21-12-15-25(37-8)26(19-21)39-10-2)33(31(36)30(27)35)16-11-17-40-20(3)4/h12-15,18-20,28,34H,9-11,16-17H2,1-8H3/b29-27+. The molecule has 1 amide bonds. The molecule has 3 rings (SSSR count). The lowest BCUT2D eigenvalue weighted by molar-refractivity contribution is -0.140. The molecular formula is C32H43NO7. The van der Waals surface area contributed by atoms with Gasteiger partial charge in [-0.2, -0.15) is 0 Å². The van der Waals surface area contributed by atoms with Crippen LogP contribution in [0.5, 0.6) is 17.2 Å². The van der Waals surface area contributed by atoms with E-state index in [0.29, 0.717) is 54.6 Å². The van der Waals surface area contributed by atoms with Gasteiger partial charge in [-0.05, 0) is 75.4 Å². The Kier molecular flexibility index (Phi) is 10.3. The number of benzene rings is 2. The average Bonchev–Trinajstić information content (AvgIpc) is 3.15. The third-order valence-corrected chi connectivity index (χ3v) is 6.70. The second kappa shape index (κ2) is 13.2. The van der Waals surface area contributed by atoms with Crippen molar-refractivity contribution in [2.75, 3.05) is 33.5 Å². The number of hydrogen-bond acceptors (Lipinski definition) is 7. The largest absolute Gasteiger partial charge is 0.507 e. The molecule has 0 radical (unpaired) electrons. The zero-order chi connectivity index (χ0) is 29.6. The minimum atomic E-state index is -0.811. The van der Waals surface area contributed by atoms with Gasteiger partial charge in [0.15, 0.2) is 11.5 Å². The average molecular weight is 554 g/mol. The molecule has 0 aliphatic carbocycles. The first kappa shape index (κ1) is 31.0. The Morgan fingerprint density at radius 3 is 2.23 bits per heavy atom. The molecule has 0 spiro atoms. The second-order valence-corrected chi connectivity index (χ2v) is 11.0. The molecule has 1 atom stereocenters. The van der Waals surface area contributed by atoms with Crippen molar-refractivity contribution in [3.8, 4) is 17.2 Å². The van der Waals surface area contributed by atoms with E-state index in [2.05, 4.69) is 20.8 Å². The summed E-state index contributed by atoms with van der Waals surface area (Å²) in [4.78, 5) is 28.4. The van der Waals surface area contributed by atoms with Gasteiger partial charge in [-0.1, -0.05) is 26.8 Å². The smallest absolute Gasteiger partial charge is 0.295 e. The Morgan fingerprint density at radius 2 is 1.62 bits per heavy atom. The van der Waals surface area contributed by atoms with Crippen molar-refractivity contribution in [1.29, 1.82) is 0 Å². The van der Waals surface area contributed by atoms with E-state index in [4.69, 9.17) is 18.9 Å². The summed E-state index contributed by atoms with van der Waals surface area (Å²) in [6.45, 7) is 15.5. The van der Waals surface area contributed by atoms with Crippen LogP contribution in [-0.4, -0.2) is 61.3 Å². The maximum atomic E-state index is 13.5. The van der Waals surface area contributed by atoms with Crippen LogP contribution in [0, 0.1) is 0 Å². The van der Waals surface area contributed by atoms with Crippen molar-refractivity contribution in [3.05, 3.63) is 58.7 Å². The van der Waals surface area contributed by atoms with Gasteiger partial charge in [0.1, 0.15) is 11.5 Å². The van der Waals surface area contributed by atoms with E-state index in [0.717, 1.165) is 5.56 Å². The number of aliphatic hydroxyl groups excluding tert-OH is 1. The van der Waals surface area contributed by atoms with Gasteiger partial charge in [-0.25, -0.2) is 0 Å². The van der Waals surface area contributed by atoms with Crippen LogP contribution in [0.4, 0.5) is 0 Å². The van der Waals surface area contributed by atoms with Crippen molar-refractivity contribution in [2.45, 2.75) is 72.4 Å². The fraction of sp³-hybridized carbons (Fsp3) is 0.500. The number of methoxy groups -OCH3 is 1. The highest BCUT2D eigenvalue weighted by Gasteiger charge is 2.46. The van der Waals surface area contributed by atoms with E-state index in [1.54, 1.807) is 37.4 Å². The molecule has 1 heterocycles. The SMILES string of the molecule is CCOc1cc(C2/C(=C(\O)c3ccc(OCC)c(C(C)(C)C)c3)C(=O)C(=O)N2CCCOC(C)C)ccc1OC. The van der Waals surface area contributed by atoms with Crippen LogP contribution in [0.1, 0.15) is 77.6 Å². The topological polar surface area (TPSA) is 94.5 Å². The van der Waals surface area contributed by atoms with E-state index in [1.807, 2.05) is 33.8 Å². The Morgan fingerprint density at radius 1 is 0.975 bits per heavy atom. The highest BCUT2D eigenvalue weighted by atomic mass is 16.5. The number of rotatable bonds is 12. The van der Waals surface area contributed by atoms with Gasteiger partial charge < -0.3 is 29.0 Å². The molecule has 218 valence electrons. The Balaban J connectivity index is 2.18. The highest BCUT2D eigenvalue weighted by molar-refractivity contribution is 6.46. The quantitative estimate of drug-likeness (QED) is 0.148. The van der Waals surface area contributed by atoms with Gasteiger partial charge in [0.2, 0.25) is 0 Å². The Labute approximate surface area is 237 Å². The number of carbonyl (C=O) groups is 2. The molecule has 1 aliphatic rings. The zero-order valence-corrected chi connectivity index (χ0v) is 25.0. The first-order chi connectivity index (χ1) is 18.9. The molecule has 0 saturated carbocycles. The van der Waals surface area contributed by atoms with E-state index < -0.39 is 17.7 Å². The van der Waals surface area contributed by atoms with Gasteiger partial charge >= 0.3 is 0 Å². The first-order valence-corrected chi connectivity index (χ1v) is 13.9. The molecule has 1 unspecified atom stereocenters. The number of ether oxygens (including phenoxy) is 4. The lowest BCUT2D eigenvalue weighted by Gasteiger charge is -2.26. The minimum absolute atomic E-state index is 0.0337. The van der Waals surface area contributed by atoms with Crippen LogP contribution in [0.3, 0.4) is 0 Å². The molecule has 2 aromatic rings. The molecule has 0 bridgehead atoms. The van der Waals surface area contributed by atoms with Crippen molar-refractivity contribution in [2.24, 2.45) is 0 Å². The summed E-state index contributed by atoms with van der Waals surface area (Å²) in [7, 11) is 1.55. The number of Topliss-reactive ketones (excluding diaryl/α,β-unsaturated/α-hetero) is 1. The number of aliphatic hydroxyl groups is 1. The maximum absolute atomic E-state index is 13.5. The monoisotopic (exact) mass is 553 g/mol. The summed E-state index contributed by atoms with van der Waals surface area (Å²) in [5.41, 5.74) is 1.71. The molecule has 1 N–H and O–H groups in total. The predicted octanol–water partition coefficient (Wildman–Crippen LogP) is 6.03. The molecule has 1 saturated heterocycles. The molecule has 1 fully saturated rings. The van der Waals surface area contributed by atoms with Crippen molar-refractivity contribution < 1.29 is 33.6 Å². The summed E-state index contributed by atoms with van der Waals surface area (Å²) in [6.07, 6.45) is 0.589. The van der Waals surface area contributed by atoms with Crippen LogP contribution < -0.4 is 14.2 Å². The lowest BCUT2D eigenvalue weighted by atomic mass is 9.84. The van der Waals surface area contributed by atoms with Gasteiger partial charge in [0.05, 0.1) is 38.0 Å². The van der Waals surface area contributed by atoms with Gasteiger partial charge in [-0.15, -0.1) is 0 Å². The van der Waals surface area contributed by atoms with E-state index in [9.17, 15) is 14.7 Å². The molecular weight excluding hydrogens is 510 g/mol. The minimum Gasteiger partial charge on any atom is -0.507 e. The Bertz CT molecular complexity index is 1240. The van der Waals surface area contributed by atoms with Gasteiger partial charge in [-0.3, -0.25) is 9.59 Å². The zero-order valence-electron chi connectivity index (χ0n) is 25.0. The van der Waals surface area contributed by atoms with Crippen LogP contribution >= 0.6 is 0 Å². The third kappa shape index (κ3) is 6.78. The number of ketones is 1. The van der Waals surface area contributed by atoms with Crippen LogP contribution in [0.15, 0.2) is 42.0 Å². The lowest BCUT2D eigenvalue weighted by Crippen LogP contribution is -2.31. The molecule has 8 heteroatoms. The van der Waals surface area contributed by atoms with E-state index in [-0.39, 0.29) is 29.4 Å². The van der Waals surface area contributed by atoms with Crippen molar-refractivity contribution in [1.82, 2.24) is 4.90 Å². The normalized spacial score (nSPS) is 17.0. The number of nitrogens with zero attached hydrogens (tertiary/aromatic N) is 1.